The van der Waals surface area contributed by atoms with E-state index >= 15 is 0 Å². The number of rotatable bonds is 14. The van der Waals surface area contributed by atoms with Crippen molar-refractivity contribution in [3.63, 3.8) is 0 Å². The van der Waals surface area contributed by atoms with Crippen LogP contribution in [0.5, 0.6) is 23.0 Å². The number of methoxy groups -OCH3 is 2. The molecule has 4 aliphatic heterocycles. The predicted octanol–water partition coefficient (Wildman–Crippen LogP) is 8.34. The minimum absolute atomic E-state index is 0.0653. The Labute approximate surface area is 341 Å². The number of aliphatic imine (C=N–C) groups is 2. The van der Waals surface area contributed by atoms with Gasteiger partial charge in [0.2, 0.25) is 5.91 Å². The molecule has 0 saturated carbocycles. The van der Waals surface area contributed by atoms with E-state index in [9.17, 15) is 14.4 Å². The second kappa shape index (κ2) is 16.7. The summed E-state index contributed by atoms with van der Waals surface area (Å²) < 4.78 is 24.0. The summed E-state index contributed by atoms with van der Waals surface area (Å²) in [5.74, 6) is 1.27. The second-order valence-electron chi connectivity index (χ2n) is 15.2. The summed E-state index contributed by atoms with van der Waals surface area (Å²) in [4.78, 5) is 53.1. The molecule has 2 fully saturated rings. The maximum absolute atomic E-state index is 13.5. The lowest BCUT2D eigenvalue weighted by Crippen LogP contribution is -2.35. The average molecular weight is 810 g/mol. The van der Waals surface area contributed by atoms with E-state index in [1.54, 1.807) is 68.1 Å². The Morgan fingerprint density at radius 3 is 1.74 bits per heavy atom. The third kappa shape index (κ3) is 8.86. The summed E-state index contributed by atoms with van der Waals surface area (Å²) in [5, 5.41) is 3.08. The van der Waals surface area contributed by atoms with Gasteiger partial charge in [-0.05, 0) is 80.8 Å². The van der Waals surface area contributed by atoms with Crippen LogP contribution in [0.1, 0.15) is 71.4 Å². The summed E-state index contributed by atoms with van der Waals surface area (Å²) in [6.45, 7) is 13.6. The SMILES string of the molecule is C=C1CC2C=Nc3cc(OCc4cc(COc5cc6c(cc5OC)C(=O)N5CC(=C)CC5C=N6)cc(NC(=O)CCC(C)(C)SSC)c4)c(OC)cc3C(=O)N2C1. The molecule has 12 nitrogen and oxygen atoms in total. The Bertz CT molecular complexity index is 2070. The summed E-state index contributed by atoms with van der Waals surface area (Å²) >= 11 is 0. The Hall–Kier alpha value is -5.21. The highest BCUT2D eigenvalue weighted by atomic mass is 33.1. The lowest BCUT2D eigenvalue weighted by atomic mass is 10.1. The van der Waals surface area contributed by atoms with Gasteiger partial charge in [-0.1, -0.05) is 45.9 Å². The van der Waals surface area contributed by atoms with Gasteiger partial charge in [-0.15, -0.1) is 0 Å². The molecule has 4 heterocycles. The fraction of sp³-hybridized carbons (Fsp3) is 0.372. The van der Waals surface area contributed by atoms with Crippen LogP contribution in [0.15, 0.2) is 76.8 Å². The van der Waals surface area contributed by atoms with E-state index in [2.05, 4.69) is 42.3 Å². The molecule has 0 spiro atoms. The first-order valence-electron chi connectivity index (χ1n) is 18.7. The number of anilines is 1. The molecule has 57 heavy (non-hydrogen) atoms. The van der Waals surface area contributed by atoms with Crippen molar-refractivity contribution in [2.75, 3.05) is 38.9 Å². The van der Waals surface area contributed by atoms with Crippen molar-refractivity contribution in [1.29, 1.82) is 0 Å². The first-order valence-corrected chi connectivity index (χ1v) is 21.3. The second-order valence-corrected chi connectivity index (χ2v) is 18.3. The minimum Gasteiger partial charge on any atom is -0.493 e. The Morgan fingerprint density at radius 2 is 1.28 bits per heavy atom. The first-order chi connectivity index (χ1) is 27.3. The zero-order valence-electron chi connectivity index (χ0n) is 32.9. The molecule has 4 aliphatic rings. The number of nitrogens with zero attached hydrogens (tertiary/aromatic N) is 4. The van der Waals surface area contributed by atoms with Crippen molar-refractivity contribution in [3.8, 4) is 23.0 Å². The van der Waals surface area contributed by atoms with Gasteiger partial charge in [0, 0.05) is 54.5 Å². The molecule has 1 N–H and O–H groups in total. The summed E-state index contributed by atoms with van der Waals surface area (Å²) in [6, 6.07) is 12.2. The number of hydrogen-bond donors (Lipinski definition) is 1. The van der Waals surface area contributed by atoms with Crippen LogP contribution < -0.4 is 24.3 Å². The largest absolute Gasteiger partial charge is 0.493 e. The van der Waals surface area contributed by atoms with Crippen molar-refractivity contribution < 1.29 is 33.3 Å². The maximum atomic E-state index is 13.5. The smallest absolute Gasteiger partial charge is 0.257 e. The highest BCUT2D eigenvalue weighted by Gasteiger charge is 2.35. The highest BCUT2D eigenvalue weighted by molar-refractivity contribution is 8.76. The lowest BCUT2D eigenvalue weighted by Gasteiger charge is -2.22. The van der Waals surface area contributed by atoms with E-state index in [4.69, 9.17) is 18.9 Å². The number of ether oxygens (including phenoxy) is 4. The third-order valence-electron chi connectivity index (χ3n) is 10.3. The van der Waals surface area contributed by atoms with Crippen LogP contribution in [0.25, 0.3) is 0 Å². The molecule has 298 valence electrons. The third-order valence-corrected chi connectivity index (χ3v) is 13.0. The van der Waals surface area contributed by atoms with E-state index < -0.39 is 0 Å². The summed E-state index contributed by atoms with van der Waals surface area (Å²) in [5.41, 5.74) is 5.96. The van der Waals surface area contributed by atoms with E-state index in [1.165, 1.54) is 14.2 Å². The van der Waals surface area contributed by atoms with Crippen LogP contribution in [-0.4, -0.2) is 90.3 Å². The van der Waals surface area contributed by atoms with Gasteiger partial charge in [0.15, 0.2) is 23.0 Å². The van der Waals surface area contributed by atoms with Crippen molar-refractivity contribution in [1.82, 2.24) is 9.80 Å². The molecule has 2 saturated heterocycles. The zero-order chi connectivity index (χ0) is 40.4. The molecule has 0 radical (unpaired) electrons. The zero-order valence-corrected chi connectivity index (χ0v) is 34.5. The van der Waals surface area contributed by atoms with Crippen LogP contribution in [0.2, 0.25) is 0 Å². The molecule has 0 aliphatic carbocycles. The van der Waals surface area contributed by atoms with Gasteiger partial charge >= 0.3 is 0 Å². The molecule has 3 aromatic rings. The van der Waals surface area contributed by atoms with Crippen LogP contribution in [0, 0.1) is 0 Å². The van der Waals surface area contributed by atoms with E-state index in [-0.39, 0.29) is 47.8 Å². The standard InChI is InChI=1S/C43H47N5O7S2/c1-25-10-30-19-44-34-17-38(36(52-5)15-32(34)41(50)47(30)21-25)54-23-27-12-28(14-29(13-27)46-40(49)8-9-43(3,4)57-56-7)24-55-39-18-35-33(16-37(39)53-6)42(51)48-22-26(2)11-31(48)20-45-35/h12-20,30-31H,1-2,8-11,21-24H2,3-7H3,(H,46,49). The first kappa shape index (κ1) is 40.0. The summed E-state index contributed by atoms with van der Waals surface area (Å²) in [6.07, 6.45) is 8.03. The van der Waals surface area contributed by atoms with Gasteiger partial charge in [0.05, 0.1) is 48.8 Å². The topological polar surface area (TPSA) is 131 Å². The van der Waals surface area contributed by atoms with Crippen LogP contribution in [0.4, 0.5) is 17.1 Å². The molecule has 3 aromatic carbocycles. The maximum Gasteiger partial charge on any atom is 0.257 e. The van der Waals surface area contributed by atoms with Gasteiger partial charge in [-0.25, -0.2) is 0 Å². The molecule has 14 heteroatoms. The predicted molar refractivity (Wildman–Crippen MR) is 228 cm³/mol. The van der Waals surface area contributed by atoms with Crippen LogP contribution >= 0.6 is 21.6 Å². The number of carbonyl (C=O) groups is 3. The Balaban J connectivity index is 1.14. The molecule has 7 rings (SSSR count). The molecule has 0 bridgehead atoms. The number of carbonyl (C=O) groups excluding carboxylic acids is 3. The fourth-order valence-corrected chi connectivity index (χ4v) is 9.68. The fourth-order valence-electron chi connectivity index (χ4n) is 7.44. The van der Waals surface area contributed by atoms with Crippen LogP contribution in [0.3, 0.4) is 0 Å². The Kier molecular flexibility index (Phi) is 11.7. The molecule has 3 amide bonds. The van der Waals surface area contributed by atoms with E-state index in [0.29, 0.717) is 90.0 Å². The highest BCUT2D eigenvalue weighted by Crippen LogP contribution is 2.41. The molecule has 2 unspecified atom stereocenters. The number of amides is 3. The van der Waals surface area contributed by atoms with Crippen molar-refractivity contribution >= 4 is 68.8 Å². The van der Waals surface area contributed by atoms with Gasteiger partial charge in [-0.3, -0.25) is 24.4 Å². The monoisotopic (exact) mass is 809 g/mol. The number of nitrogens with one attached hydrogen (secondary N) is 1. The summed E-state index contributed by atoms with van der Waals surface area (Å²) in [7, 11) is 6.49. The number of benzene rings is 3. The number of fused-ring (bicyclic) bond motifs is 4. The normalized spacial score (nSPS) is 18.4. The van der Waals surface area contributed by atoms with Crippen LogP contribution in [-0.2, 0) is 18.0 Å². The molecule has 2 atom stereocenters. The van der Waals surface area contributed by atoms with Gasteiger partial charge < -0.3 is 34.1 Å². The van der Waals surface area contributed by atoms with Crippen molar-refractivity contribution in [3.05, 3.63) is 89.0 Å². The van der Waals surface area contributed by atoms with Crippen molar-refractivity contribution in [2.45, 2.75) is 69.6 Å². The molecular formula is C43H47N5O7S2. The number of hydrogen-bond acceptors (Lipinski definition) is 11. The molecular weight excluding hydrogens is 763 g/mol. The Morgan fingerprint density at radius 1 is 0.789 bits per heavy atom. The average Bonchev–Trinajstić information content (AvgIpc) is 3.69. The minimum atomic E-state index is -0.138. The van der Waals surface area contributed by atoms with Gasteiger partial charge in [-0.2, -0.15) is 0 Å². The van der Waals surface area contributed by atoms with Crippen molar-refractivity contribution in [2.24, 2.45) is 9.98 Å². The lowest BCUT2D eigenvalue weighted by molar-refractivity contribution is -0.116. The molecule has 0 aromatic heterocycles. The van der Waals surface area contributed by atoms with E-state index in [1.807, 2.05) is 24.5 Å². The quantitative estimate of drug-likeness (QED) is 0.126. The van der Waals surface area contributed by atoms with E-state index in [0.717, 1.165) is 22.3 Å². The van der Waals surface area contributed by atoms with Gasteiger partial charge in [0.25, 0.3) is 11.8 Å². The van der Waals surface area contributed by atoms with Gasteiger partial charge in [0.1, 0.15) is 13.2 Å².